The van der Waals surface area contributed by atoms with Crippen molar-refractivity contribution in [2.75, 3.05) is 24.3 Å². The zero-order chi connectivity index (χ0) is 13.2. The Bertz CT molecular complexity index is 594. The Hall–Kier alpha value is -2.37. The van der Waals surface area contributed by atoms with Crippen molar-refractivity contribution in [3.8, 4) is 11.5 Å². The minimum Gasteiger partial charge on any atom is -0.490 e. The van der Waals surface area contributed by atoms with Crippen molar-refractivity contribution in [1.82, 2.24) is 9.97 Å². The van der Waals surface area contributed by atoms with Gasteiger partial charge in [-0.1, -0.05) is 0 Å². The van der Waals surface area contributed by atoms with Crippen LogP contribution in [0.15, 0.2) is 18.2 Å². The van der Waals surface area contributed by atoms with E-state index in [1.54, 1.807) is 0 Å². The maximum atomic E-state index is 5.82. The summed E-state index contributed by atoms with van der Waals surface area (Å²) in [5.74, 6) is 3.42. The fraction of sp³-hybridized carbons (Fsp3) is 0.308. The fourth-order valence-electron chi connectivity index (χ4n) is 1.98. The number of H-pyrrole nitrogens is 1. The number of ether oxygens (including phenoxy) is 2. The highest BCUT2D eigenvalue weighted by atomic mass is 16.5. The number of anilines is 3. The molecule has 0 saturated heterocycles. The van der Waals surface area contributed by atoms with Gasteiger partial charge < -0.3 is 25.5 Å². The second-order valence-corrected chi connectivity index (χ2v) is 4.42. The van der Waals surface area contributed by atoms with E-state index < -0.39 is 0 Å². The molecular weight excluding hydrogens is 244 g/mol. The van der Waals surface area contributed by atoms with Crippen molar-refractivity contribution in [3.63, 3.8) is 0 Å². The highest BCUT2D eigenvalue weighted by molar-refractivity contribution is 5.68. The summed E-state index contributed by atoms with van der Waals surface area (Å²) < 4.78 is 11.2. The van der Waals surface area contributed by atoms with Gasteiger partial charge in [0.05, 0.1) is 13.2 Å². The summed E-state index contributed by atoms with van der Waals surface area (Å²) in [6.07, 6.45) is 0.892. The first-order valence-corrected chi connectivity index (χ1v) is 6.21. The molecule has 1 aliphatic heterocycles. The fourth-order valence-corrected chi connectivity index (χ4v) is 1.98. The normalized spacial score (nSPS) is 13.9. The summed E-state index contributed by atoms with van der Waals surface area (Å²) in [6, 6.07) is 5.69. The Kier molecular flexibility index (Phi) is 2.91. The highest BCUT2D eigenvalue weighted by Crippen LogP contribution is 2.33. The third-order valence-corrected chi connectivity index (χ3v) is 2.86. The van der Waals surface area contributed by atoms with Gasteiger partial charge in [0.1, 0.15) is 11.6 Å². The number of rotatable bonds is 2. The van der Waals surface area contributed by atoms with Crippen molar-refractivity contribution in [3.05, 3.63) is 24.0 Å². The largest absolute Gasteiger partial charge is 0.490 e. The van der Waals surface area contributed by atoms with Crippen molar-refractivity contribution in [1.29, 1.82) is 0 Å². The molecule has 0 atom stereocenters. The molecule has 6 nitrogen and oxygen atoms in total. The van der Waals surface area contributed by atoms with Crippen LogP contribution in [0.5, 0.6) is 11.5 Å². The quantitative estimate of drug-likeness (QED) is 0.770. The minimum absolute atomic E-state index is 0.518. The SMILES string of the molecule is Cc1nc(Nc2ccc3c(c2)OCCCO3)c(N)[nH]1. The molecule has 2 heterocycles. The number of aryl methyl sites for hydroxylation is 1. The van der Waals surface area contributed by atoms with E-state index in [-0.39, 0.29) is 0 Å². The first-order valence-electron chi connectivity index (χ1n) is 6.21. The standard InChI is InChI=1S/C13H16N4O2/c1-8-15-12(14)13(16-8)17-9-3-4-10-11(7-9)19-6-2-5-18-10/h3-4,7,17H,2,5-6,14H2,1H3,(H,15,16). The van der Waals surface area contributed by atoms with Gasteiger partial charge in [-0.05, 0) is 19.1 Å². The number of hydrogen-bond acceptors (Lipinski definition) is 5. The molecule has 0 fully saturated rings. The predicted molar refractivity (Wildman–Crippen MR) is 73.1 cm³/mol. The van der Waals surface area contributed by atoms with Crippen molar-refractivity contribution in [2.24, 2.45) is 0 Å². The first kappa shape index (κ1) is 11.7. The zero-order valence-corrected chi connectivity index (χ0v) is 10.7. The van der Waals surface area contributed by atoms with Crippen molar-refractivity contribution in [2.45, 2.75) is 13.3 Å². The van der Waals surface area contributed by atoms with Crippen LogP contribution in [0.2, 0.25) is 0 Å². The molecule has 0 bridgehead atoms. The summed E-state index contributed by atoms with van der Waals surface area (Å²) in [6.45, 7) is 3.21. The second kappa shape index (κ2) is 4.72. The maximum absolute atomic E-state index is 5.82. The summed E-state index contributed by atoms with van der Waals surface area (Å²) in [7, 11) is 0. The molecule has 0 amide bonds. The number of nitrogens with two attached hydrogens (primary N) is 1. The Morgan fingerprint density at radius 3 is 2.79 bits per heavy atom. The molecular formula is C13H16N4O2. The maximum Gasteiger partial charge on any atom is 0.173 e. The molecule has 1 aromatic heterocycles. The molecule has 1 aromatic carbocycles. The summed E-state index contributed by atoms with van der Waals surface area (Å²) in [5.41, 5.74) is 6.68. The van der Waals surface area contributed by atoms with Gasteiger partial charge in [0.15, 0.2) is 17.3 Å². The van der Waals surface area contributed by atoms with Crippen LogP contribution >= 0.6 is 0 Å². The van der Waals surface area contributed by atoms with Crippen LogP contribution in [-0.4, -0.2) is 23.2 Å². The van der Waals surface area contributed by atoms with Gasteiger partial charge in [-0.3, -0.25) is 0 Å². The average Bonchev–Trinajstić information content (AvgIpc) is 2.60. The lowest BCUT2D eigenvalue weighted by Crippen LogP contribution is -1.97. The van der Waals surface area contributed by atoms with E-state index >= 15 is 0 Å². The number of fused-ring (bicyclic) bond motifs is 1. The average molecular weight is 260 g/mol. The monoisotopic (exact) mass is 260 g/mol. The lowest BCUT2D eigenvalue weighted by molar-refractivity contribution is 0.297. The topological polar surface area (TPSA) is 85.2 Å². The number of nitrogens with one attached hydrogen (secondary N) is 2. The molecule has 6 heteroatoms. The Balaban J connectivity index is 1.86. The number of imidazole rings is 1. The molecule has 0 unspecified atom stereocenters. The molecule has 2 aromatic rings. The minimum atomic E-state index is 0.518. The summed E-state index contributed by atoms with van der Waals surface area (Å²) in [5, 5.41) is 3.16. The Morgan fingerprint density at radius 2 is 2.05 bits per heavy atom. The number of nitrogen functional groups attached to an aromatic ring is 1. The van der Waals surface area contributed by atoms with Gasteiger partial charge >= 0.3 is 0 Å². The second-order valence-electron chi connectivity index (χ2n) is 4.42. The number of aromatic nitrogens is 2. The van der Waals surface area contributed by atoms with Gasteiger partial charge in [-0.15, -0.1) is 0 Å². The van der Waals surface area contributed by atoms with Gasteiger partial charge in [0, 0.05) is 18.2 Å². The summed E-state index contributed by atoms with van der Waals surface area (Å²) >= 11 is 0. The van der Waals surface area contributed by atoms with Crippen LogP contribution in [0.3, 0.4) is 0 Å². The van der Waals surface area contributed by atoms with Crippen LogP contribution in [-0.2, 0) is 0 Å². The lowest BCUT2D eigenvalue weighted by atomic mass is 10.2. The Labute approximate surface area is 110 Å². The van der Waals surface area contributed by atoms with Crippen LogP contribution in [0.4, 0.5) is 17.3 Å². The lowest BCUT2D eigenvalue weighted by Gasteiger charge is -2.10. The molecule has 0 spiro atoms. The molecule has 100 valence electrons. The van der Waals surface area contributed by atoms with Gasteiger partial charge in [0.25, 0.3) is 0 Å². The molecule has 0 radical (unpaired) electrons. The smallest absolute Gasteiger partial charge is 0.173 e. The molecule has 1 aliphatic rings. The van der Waals surface area contributed by atoms with Crippen LogP contribution < -0.4 is 20.5 Å². The van der Waals surface area contributed by atoms with E-state index in [9.17, 15) is 0 Å². The van der Waals surface area contributed by atoms with E-state index in [2.05, 4.69) is 15.3 Å². The number of nitrogens with zero attached hydrogens (tertiary/aromatic N) is 1. The van der Waals surface area contributed by atoms with E-state index in [0.717, 1.165) is 29.4 Å². The van der Waals surface area contributed by atoms with E-state index in [4.69, 9.17) is 15.2 Å². The summed E-state index contributed by atoms with van der Waals surface area (Å²) in [4.78, 5) is 7.22. The van der Waals surface area contributed by atoms with Gasteiger partial charge in [-0.2, -0.15) is 0 Å². The van der Waals surface area contributed by atoms with Crippen LogP contribution in [0.1, 0.15) is 12.2 Å². The third-order valence-electron chi connectivity index (χ3n) is 2.86. The molecule has 19 heavy (non-hydrogen) atoms. The zero-order valence-electron chi connectivity index (χ0n) is 10.7. The molecule has 0 saturated carbocycles. The molecule has 4 N–H and O–H groups in total. The van der Waals surface area contributed by atoms with E-state index in [1.165, 1.54) is 0 Å². The number of benzene rings is 1. The molecule has 0 aliphatic carbocycles. The van der Waals surface area contributed by atoms with Gasteiger partial charge in [-0.25, -0.2) is 4.98 Å². The first-order chi connectivity index (χ1) is 9.22. The van der Waals surface area contributed by atoms with E-state index in [1.807, 2.05) is 25.1 Å². The highest BCUT2D eigenvalue weighted by Gasteiger charge is 2.12. The van der Waals surface area contributed by atoms with Gasteiger partial charge in [0.2, 0.25) is 0 Å². The van der Waals surface area contributed by atoms with Crippen molar-refractivity contribution >= 4 is 17.3 Å². The third kappa shape index (κ3) is 2.42. The number of aromatic amines is 1. The van der Waals surface area contributed by atoms with E-state index in [0.29, 0.717) is 24.8 Å². The van der Waals surface area contributed by atoms with Crippen LogP contribution in [0, 0.1) is 6.92 Å². The number of hydrogen-bond donors (Lipinski definition) is 3. The Morgan fingerprint density at radius 1 is 1.26 bits per heavy atom. The molecule has 3 rings (SSSR count). The predicted octanol–water partition coefficient (Wildman–Crippen LogP) is 2.21. The van der Waals surface area contributed by atoms with Crippen LogP contribution in [0.25, 0.3) is 0 Å². The van der Waals surface area contributed by atoms with Crippen molar-refractivity contribution < 1.29 is 9.47 Å².